The van der Waals surface area contributed by atoms with Crippen LogP contribution >= 0.6 is 0 Å². The minimum atomic E-state index is -0.781. The lowest BCUT2D eigenvalue weighted by molar-refractivity contribution is -0.167. The van der Waals surface area contributed by atoms with Crippen LogP contribution in [0, 0.1) is 0 Å². The average molecular weight is 1110 g/mol. The normalized spacial score (nSPS) is 12.7. The van der Waals surface area contributed by atoms with Crippen LogP contribution in [0.1, 0.15) is 335 Å². The molecule has 1 atom stereocenters. The zero-order chi connectivity index (χ0) is 57.8. The molecule has 6 nitrogen and oxygen atoms in total. The number of ether oxygens (including phenoxy) is 3. The summed E-state index contributed by atoms with van der Waals surface area (Å²) < 4.78 is 16.9. The molecule has 0 N–H and O–H groups in total. The van der Waals surface area contributed by atoms with Crippen molar-refractivity contribution < 1.29 is 28.6 Å². The Hall–Kier alpha value is -3.67. The van der Waals surface area contributed by atoms with Crippen LogP contribution in [0.2, 0.25) is 0 Å². The number of allylic oxidation sites excluding steroid dienone is 16. The average Bonchev–Trinajstić information content (AvgIpc) is 3.46. The summed E-state index contributed by atoms with van der Waals surface area (Å²) in [5, 5.41) is 0. The summed E-state index contributed by atoms with van der Waals surface area (Å²) in [6.07, 6.45) is 91.5. The molecule has 0 saturated heterocycles. The van der Waals surface area contributed by atoms with Crippen molar-refractivity contribution in [3.8, 4) is 0 Å². The zero-order valence-corrected chi connectivity index (χ0v) is 52.8. The van der Waals surface area contributed by atoms with Gasteiger partial charge in [-0.3, -0.25) is 14.4 Å². The molecule has 0 saturated carbocycles. The molecule has 0 aromatic carbocycles. The molecule has 80 heavy (non-hydrogen) atoms. The summed E-state index contributed by atoms with van der Waals surface area (Å²) >= 11 is 0. The van der Waals surface area contributed by atoms with E-state index in [0.717, 1.165) is 122 Å². The van der Waals surface area contributed by atoms with E-state index in [4.69, 9.17) is 14.2 Å². The Morgan fingerprint density at radius 3 is 0.762 bits per heavy atom. The van der Waals surface area contributed by atoms with E-state index in [1.54, 1.807) is 0 Å². The molecule has 0 bridgehead atoms. The fraction of sp³-hybridized carbons (Fsp3) is 0.743. The van der Waals surface area contributed by atoms with Crippen LogP contribution in [-0.2, 0) is 28.6 Å². The lowest BCUT2D eigenvalue weighted by Crippen LogP contribution is -2.30. The lowest BCUT2D eigenvalue weighted by Gasteiger charge is -2.18. The molecule has 0 heterocycles. The molecule has 0 aliphatic carbocycles. The number of esters is 3. The number of unbranched alkanes of at least 4 members (excludes halogenated alkanes) is 35. The van der Waals surface area contributed by atoms with Gasteiger partial charge in [0.1, 0.15) is 13.2 Å². The van der Waals surface area contributed by atoms with Gasteiger partial charge in [0.2, 0.25) is 0 Å². The molecule has 0 fully saturated rings. The Morgan fingerprint density at radius 1 is 0.263 bits per heavy atom. The highest BCUT2D eigenvalue weighted by Gasteiger charge is 2.19. The van der Waals surface area contributed by atoms with Gasteiger partial charge in [-0.2, -0.15) is 0 Å². The van der Waals surface area contributed by atoms with Gasteiger partial charge < -0.3 is 14.2 Å². The number of hydrogen-bond donors (Lipinski definition) is 0. The smallest absolute Gasteiger partial charge is 0.306 e. The number of rotatable bonds is 62. The van der Waals surface area contributed by atoms with Gasteiger partial charge in [-0.05, 0) is 83.5 Å². The fourth-order valence-corrected chi connectivity index (χ4v) is 9.76. The van der Waals surface area contributed by atoms with Crippen LogP contribution in [0.25, 0.3) is 0 Å². The zero-order valence-electron chi connectivity index (χ0n) is 52.8. The molecule has 0 spiro atoms. The Bertz CT molecular complexity index is 1560. The second-order valence-corrected chi connectivity index (χ2v) is 22.7. The third-order valence-electron chi connectivity index (χ3n) is 14.9. The summed E-state index contributed by atoms with van der Waals surface area (Å²) in [4.78, 5) is 38.3. The fourth-order valence-electron chi connectivity index (χ4n) is 9.76. The molecule has 0 rings (SSSR count). The lowest BCUT2D eigenvalue weighted by atomic mass is 10.0. The monoisotopic (exact) mass is 1110 g/mol. The molecule has 0 aliphatic rings. The second kappa shape index (κ2) is 67.8. The van der Waals surface area contributed by atoms with Crippen LogP contribution in [0.5, 0.6) is 0 Å². The van der Waals surface area contributed by atoms with Crippen molar-refractivity contribution in [2.75, 3.05) is 13.2 Å². The third-order valence-corrected chi connectivity index (χ3v) is 14.9. The molecular formula is C74H128O6. The van der Waals surface area contributed by atoms with E-state index in [0.29, 0.717) is 19.3 Å². The topological polar surface area (TPSA) is 78.9 Å². The Kier molecular flexibility index (Phi) is 64.7. The van der Waals surface area contributed by atoms with Gasteiger partial charge in [-0.15, -0.1) is 0 Å². The van der Waals surface area contributed by atoms with Crippen molar-refractivity contribution in [1.82, 2.24) is 0 Å². The maximum absolute atomic E-state index is 12.9. The van der Waals surface area contributed by atoms with Crippen molar-refractivity contribution in [3.63, 3.8) is 0 Å². The molecule has 1 unspecified atom stereocenters. The predicted octanol–water partition coefficient (Wildman–Crippen LogP) is 23.6. The van der Waals surface area contributed by atoms with Crippen LogP contribution < -0.4 is 0 Å². The van der Waals surface area contributed by atoms with Crippen molar-refractivity contribution in [1.29, 1.82) is 0 Å². The maximum atomic E-state index is 12.9. The van der Waals surface area contributed by atoms with Gasteiger partial charge in [-0.25, -0.2) is 0 Å². The quantitative estimate of drug-likeness (QED) is 0.0261. The molecular weight excluding hydrogens is 985 g/mol. The van der Waals surface area contributed by atoms with Crippen molar-refractivity contribution >= 4 is 17.9 Å². The van der Waals surface area contributed by atoms with E-state index >= 15 is 0 Å². The standard InChI is InChI=1S/C74H128O6/c1-4-7-10-13-16-19-22-24-26-28-30-32-33-34-35-36-37-38-39-40-41-43-44-46-48-50-52-55-58-61-64-67-73(76)79-70-71(69-78-72(75)66-63-60-57-54-21-18-15-12-9-6-3)80-74(77)68-65-62-59-56-53-51-49-47-45-42-31-29-27-25-23-20-17-14-11-8-5-2/h7,10,16,19,24,26,30,32,34-35,37-38,40-41,44,46,71H,4-6,8-9,11-15,17-18,20-23,25,27-29,31,33,36,39,42-43,45,47-70H2,1-3H3/b10-7-,19-16-,26-24-,32-30-,35-34-,38-37-,41-40-,46-44-. The predicted molar refractivity (Wildman–Crippen MR) is 348 cm³/mol. The molecule has 0 aromatic heterocycles. The minimum Gasteiger partial charge on any atom is -0.462 e. The second-order valence-electron chi connectivity index (χ2n) is 22.7. The number of carbonyl (C=O) groups excluding carboxylic acids is 3. The SMILES string of the molecule is CC/C=C\C/C=C\C/C=C\C/C=C\C/C=C\C/C=C\C/C=C\C/C=C\CCCCCCCCC(=O)OCC(COC(=O)CCCCCCCCCCCC)OC(=O)CCCCCCCCCCCCCCCCCCCCCCC. The Morgan fingerprint density at radius 2 is 0.487 bits per heavy atom. The highest BCUT2D eigenvalue weighted by molar-refractivity contribution is 5.71. The summed E-state index contributed by atoms with van der Waals surface area (Å²) in [6, 6.07) is 0. The molecule has 460 valence electrons. The number of hydrogen-bond acceptors (Lipinski definition) is 6. The summed E-state index contributed by atoms with van der Waals surface area (Å²) in [7, 11) is 0. The van der Waals surface area contributed by atoms with Crippen LogP contribution in [0.15, 0.2) is 97.2 Å². The molecule has 0 amide bonds. The maximum Gasteiger partial charge on any atom is 0.306 e. The van der Waals surface area contributed by atoms with Gasteiger partial charge >= 0.3 is 17.9 Å². The summed E-state index contributed by atoms with van der Waals surface area (Å²) in [5.74, 6) is -0.879. The molecule has 0 radical (unpaired) electrons. The van der Waals surface area contributed by atoms with E-state index in [9.17, 15) is 14.4 Å². The van der Waals surface area contributed by atoms with Gasteiger partial charge in [0.05, 0.1) is 0 Å². The number of carbonyl (C=O) groups is 3. The van der Waals surface area contributed by atoms with E-state index in [1.807, 2.05) is 0 Å². The van der Waals surface area contributed by atoms with Gasteiger partial charge in [0, 0.05) is 19.3 Å². The van der Waals surface area contributed by atoms with E-state index < -0.39 is 6.10 Å². The first-order chi connectivity index (χ1) is 39.5. The Balaban J connectivity index is 4.24. The molecule has 0 aromatic rings. The minimum absolute atomic E-state index is 0.0775. The van der Waals surface area contributed by atoms with Crippen molar-refractivity contribution in [2.24, 2.45) is 0 Å². The first-order valence-electron chi connectivity index (χ1n) is 34.2. The van der Waals surface area contributed by atoms with Crippen LogP contribution in [0.4, 0.5) is 0 Å². The van der Waals surface area contributed by atoms with Gasteiger partial charge in [-0.1, -0.05) is 330 Å². The van der Waals surface area contributed by atoms with E-state index in [-0.39, 0.29) is 31.1 Å². The van der Waals surface area contributed by atoms with Crippen molar-refractivity contribution in [2.45, 2.75) is 341 Å². The van der Waals surface area contributed by atoms with E-state index in [1.165, 1.54) is 173 Å². The summed E-state index contributed by atoms with van der Waals surface area (Å²) in [6.45, 7) is 6.54. The first-order valence-corrected chi connectivity index (χ1v) is 34.2. The van der Waals surface area contributed by atoms with Gasteiger partial charge in [0.25, 0.3) is 0 Å². The van der Waals surface area contributed by atoms with E-state index in [2.05, 4.69) is 118 Å². The first kappa shape index (κ1) is 76.3. The van der Waals surface area contributed by atoms with Gasteiger partial charge in [0.15, 0.2) is 6.10 Å². The highest BCUT2D eigenvalue weighted by atomic mass is 16.6. The third kappa shape index (κ3) is 65.1. The molecule has 0 aliphatic heterocycles. The van der Waals surface area contributed by atoms with Crippen molar-refractivity contribution in [3.05, 3.63) is 97.2 Å². The van der Waals surface area contributed by atoms with Crippen LogP contribution in [-0.4, -0.2) is 37.2 Å². The highest BCUT2D eigenvalue weighted by Crippen LogP contribution is 2.17. The molecule has 6 heteroatoms. The summed E-state index contributed by atoms with van der Waals surface area (Å²) in [5.41, 5.74) is 0. The Labute approximate surface area is 496 Å². The van der Waals surface area contributed by atoms with Crippen LogP contribution in [0.3, 0.4) is 0 Å². The largest absolute Gasteiger partial charge is 0.462 e.